The lowest BCUT2D eigenvalue weighted by Gasteiger charge is -2.35. The maximum atomic E-state index is 12.9. The third kappa shape index (κ3) is 5.09. The summed E-state index contributed by atoms with van der Waals surface area (Å²) in [5.41, 5.74) is 0.457. The zero-order valence-electron chi connectivity index (χ0n) is 16.7. The molecule has 0 atom stereocenters. The van der Waals surface area contributed by atoms with Gasteiger partial charge in [0, 0.05) is 37.3 Å². The van der Waals surface area contributed by atoms with Gasteiger partial charge in [0.25, 0.3) is 11.8 Å². The Hall–Kier alpha value is -2.64. The molecule has 1 aliphatic heterocycles. The first-order chi connectivity index (χ1) is 14.4. The van der Waals surface area contributed by atoms with E-state index in [-0.39, 0.29) is 18.4 Å². The van der Waals surface area contributed by atoms with Crippen molar-refractivity contribution in [2.75, 3.05) is 47.0 Å². The summed E-state index contributed by atoms with van der Waals surface area (Å²) in [5, 5.41) is 0.840. The third-order valence-electron chi connectivity index (χ3n) is 4.80. The molecule has 30 heavy (non-hydrogen) atoms. The molecule has 0 unspecified atom stereocenters. The molecule has 160 valence electrons. The summed E-state index contributed by atoms with van der Waals surface area (Å²) < 4.78 is 16.0. The molecule has 1 saturated heterocycles. The third-order valence-corrected chi connectivity index (χ3v) is 5.33. The van der Waals surface area contributed by atoms with Gasteiger partial charge in [0.1, 0.15) is 17.2 Å². The molecule has 0 radical (unpaired) electrons. The van der Waals surface area contributed by atoms with Crippen molar-refractivity contribution in [3.63, 3.8) is 0 Å². The summed E-state index contributed by atoms with van der Waals surface area (Å²) >= 11 is 11.9. The number of rotatable bonds is 6. The molecule has 1 heterocycles. The lowest BCUT2D eigenvalue weighted by atomic mass is 10.1. The Labute approximate surface area is 185 Å². The van der Waals surface area contributed by atoms with Crippen molar-refractivity contribution in [2.45, 2.75) is 0 Å². The lowest BCUT2D eigenvalue weighted by Crippen LogP contribution is -2.51. The normalized spacial score (nSPS) is 13.7. The van der Waals surface area contributed by atoms with Crippen LogP contribution in [0.3, 0.4) is 0 Å². The van der Waals surface area contributed by atoms with Crippen molar-refractivity contribution < 1.29 is 23.8 Å². The second kappa shape index (κ2) is 9.91. The Kier molecular flexibility index (Phi) is 7.29. The largest absolute Gasteiger partial charge is 0.497 e. The number of hydrogen-bond donors (Lipinski definition) is 0. The Balaban J connectivity index is 1.55. The molecular formula is C21H22Cl2N2O5. The number of methoxy groups -OCH3 is 2. The van der Waals surface area contributed by atoms with Gasteiger partial charge in [-0.2, -0.15) is 0 Å². The van der Waals surface area contributed by atoms with Crippen LogP contribution >= 0.6 is 23.2 Å². The molecule has 0 aromatic heterocycles. The van der Waals surface area contributed by atoms with E-state index in [9.17, 15) is 9.59 Å². The van der Waals surface area contributed by atoms with Gasteiger partial charge in [-0.3, -0.25) is 9.59 Å². The van der Waals surface area contributed by atoms with E-state index in [4.69, 9.17) is 37.4 Å². The van der Waals surface area contributed by atoms with Gasteiger partial charge in [0.2, 0.25) is 0 Å². The highest BCUT2D eigenvalue weighted by atomic mass is 35.5. The molecule has 7 nitrogen and oxygen atoms in total. The number of benzene rings is 2. The minimum absolute atomic E-state index is 0.137. The van der Waals surface area contributed by atoms with E-state index in [1.54, 1.807) is 53.3 Å². The molecule has 0 aliphatic carbocycles. The van der Waals surface area contributed by atoms with E-state index in [0.717, 1.165) is 0 Å². The lowest BCUT2D eigenvalue weighted by molar-refractivity contribution is -0.134. The summed E-state index contributed by atoms with van der Waals surface area (Å²) in [4.78, 5) is 28.7. The Bertz CT molecular complexity index is 930. The topological polar surface area (TPSA) is 68.3 Å². The maximum absolute atomic E-state index is 12.9. The number of halogens is 2. The number of hydrogen-bond acceptors (Lipinski definition) is 5. The van der Waals surface area contributed by atoms with E-state index in [1.165, 1.54) is 7.11 Å². The van der Waals surface area contributed by atoms with Crippen molar-refractivity contribution >= 4 is 35.0 Å². The molecule has 0 saturated carbocycles. The van der Waals surface area contributed by atoms with Crippen LogP contribution in [0.1, 0.15) is 10.4 Å². The summed E-state index contributed by atoms with van der Waals surface area (Å²) in [7, 11) is 3.06. The second-order valence-corrected chi connectivity index (χ2v) is 7.45. The fraction of sp³-hybridized carbons (Fsp3) is 0.333. The number of carbonyl (C=O) groups is 2. The van der Waals surface area contributed by atoms with Crippen molar-refractivity contribution in [1.29, 1.82) is 0 Å². The zero-order valence-corrected chi connectivity index (χ0v) is 18.2. The monoisotopic (exact) mass is 452 g/mol. The Morgan fingerprint density at radius 3 is 2.23 bits per heavy atom. The molecule has 3 rings (SSSR count). The first-order valence-corrected chi connectivity index (χ1v) is 10.1. The number of amides is 2. The van der Waals surface area contributed by atoms with Crippen LogP contribution in [-0.2, 0) is 4.79 Å². The minimum atomic E-state index is -0.171. The highest BCUT2D eigenvalue weighted by Crippen LogP contribution is 2.28. The van der Waals surface area contributed by atoms with Gasteiger partial charge in [0.05, 0.1) is 24.8 Å². The highest BCUT2D eigenvalue weighted by Gasteiger charge is 2.27. The fourth-order valence-electron chi connectivity index (χ4n) is 3.13. The van der Waals surface area contributed by atoms with Gasteiger partial charge >= 0.3 is 0 Å². The van der Waals surface area contributed by atoms with Crippen molar-refractivity contribution in [3.05, 3.63) is 52.0 Å². The van der Waals surface area contributed by atoms with Crippen LogP contribution in [0, 0.1) is 0 Å². The second-order valence-electron chi connectivity index (χ2n) is 6.60. The molecule has 0 bridgehead atoms. The Morgan fingerprint density at radius 2 is 1.60 bits per heavy atom. The van der Waals surface area contributed by atoms with E-state index in [1.807, 2.05) is 0 Å². The first kappa shape index (κ1) is 22.1. The fourth-order valence-corrected chi connectivity index (χ4v) is 3.59. The first-order valence-electron chi connectivity index (χ1n) is 9.30. The van der Waals surface area contributed by atoms with E-state index in [0.29, 0.717) is 59.0 Å². The van der Waals surface area contributed by atoms with Crippen molar-refractivity contribution in [1.82, 2.24) is 9.80 Å². The SMILES string of the molecule is COc1ccc(C(=O)N2CCN(C(=O)COc3ccc(Cl)cc3Cl)CC2)c(OC)c1. The predicted molar refractivity (Wildman–Crippen MR) is 114 cm³/mol. The molecule has 9 heteroatoms. The summed E-state index contributed by atoms with van der Waals surface area (Å²) in [6.07, 6.45) is 0. The van der Waals surface area contributed by atoms with Crippen LogP contribution < -0.4 is 14.2 Å². The van der Waals surface area contributed by atoms with Gasteiger partial charge in [-0.15, -0.1) is 0 Å². The standard InChI is InChI=1S/C21H22Cl2N2O5/c1-28-15-4-5-16(19(12-15)29-2)21(27)25-9-7-24(8-10-25)20(26)13-30-18-6-3-14(22)11-17(18)23/h3-6,11-12H,7-10,13H2,1-2H3. The zero-order chi connectivity index (χ0) is 21.7. The van der Waals surface area contributed by atoms with Crippen LogP contribution in [0.2, 0.25) is 10.0 Å². The molecule has 2 amide bonds. The van der Waals surface area contributed by atoms with Crippen molar-refractivity contribution in [2.24, 2.45) is 0 Å². The van der Waals surface area contributed by atoms with Crippen LogP contribution in [0.15, 0.2) is 36.4 Å². The summed E-state index contributed by atoms with van der Waals surface area (Å²) in [6, 6.07) is 9.89. The van der Waals surface area contributed by atoms with Gasteiger partial charge in [-0.25, -0.2) is 0 Å². The van der Waals surface area contributed by atoms with Crippen LogP contribution in [0.25, 0.3) is 0 Å². The van der Waals surface area contributed by atoms with Crippen molar-refractivity contribution in [3.8, 4) is 17.2 Å². The molecule has 1 fully saturated rings. The average molecular weight is 453 g/mol. The number of carbonyl (C=O) groups excluding carboxylic acids is 2. The number of ether oxygens (including phenoxy) is 3. The molecule has 2 aromatic carbocycles. The number of nitrogens with zero attached hydrogens (tertiary/aromatic N) is 2. The molecule has 0 spiro atoms. The van der Waals surface area contributed by atoms with Gasteiger partial charge in [-0.05, 0) is 30.3 Å². The molecular weight excluding hydrogens is 431 g/mol. The van der Waals surface area contributed by atoms with E-state index < -0.39 is 0 Å². The smallest absolute Gasteiger partial charge is 0.260 e. The highest BCUT2D eigenvalue weighted by molar-refractivity contribution is 6.35. The van der Waals surface area contributed by atoms with Gasteiger partial charge in [-0.1, -0.05) is 23.2 Å². The molecule has 0 N–H and O–H groups in total. The maximum Gasteiger partial charge on any atom is 0.260 e. The van der Waals surface area contributed by atoms with Crippen LogP contribution in [-0.4, -0.2) is 68.6 Å². The number of piperazine rings is 1. The Morgan fingerprint density at radius 1 is 0.900 bits per heavy atom. The predicted octanol–water partition coefficient (Wildman–Crippen LogP) is 3.37. The van der Waals surface area contributed by atoms with Gasteiger partial charge in [0.15, 0.2) is 6.61 Å². The van der Waals surface area contributed by atoms with Crippen LogP contribution in [0.5, 0.6) is 17.2 Å². The minimum Gasteiger partial charge on any atom is -0.497 e. The summed E-state index contributed by atoms with van der Waals surface area (Å²) in [5.74, 6) is 1.14. The molecule has 2 aromatic rings. The van der Waals surface area contributed by atoms with Gasteiger partial charge < -0.3 is 24.0 Å². The summed E-state index contributed by atoms with van der Waals surface area (Å²) in [6.45, 7) is 1.53. The van der Waals surface area contributed by atoms with Crippen LogP contribution in [0.4, 0.5) is 0 Å². The molecule has 1 aliphatic rings. The quantitative estimate of drug-likeness (QED) is 0.671. The van der Waals surface area contributed by atoms with E-state index >= 15 is 0 Å². The average Bonchev–Trinajstić information content (AvgIpc) is 2.77. The van der Waals surface area contributed by atoms with E-state index in [2.05, 4.69) is 0 Å².